The first-order valence-corrected chi connectivity index (χ1v) is 7.43. The van der Waals surface area contributed by atoms with Crippen molar-refractivity contribution in [2.24, 2.45) is 5.41 Å². The van der Waals surface area contributed by atoms with Gasteiger partial charge in [0.15, 0.2) is 0 Å². The third-order valence-corrected chi connectivity index (χ3v) is 3.63. The average molecular weight is 251 g/mol. The molecule has 0 aliphatic carbocycles. The van der Waals surface area contributed by atoms with Crippen molar-refractivity contribution in [1.29, 1.82) is 0 Å². The summed E-state index contributed by atoms with van der Waals surface area (Å²) in [5.41, 5.74) is 0.0361. The molecule has 0 spiro atoms. The molecule has 2 N–H and O–H groups in total. The summed E-state index contributed by atoms with van der Waals surface area (Å²) in [4.78, 5) is 0. The van der Waals surface area contributed by atoms with Gasteiger partial charge in [0.2, 0.25) is 10.0 Å². The van der Waals surface area contributed by atoms with E-state index in [0.29, 0.717) is 25.8 Å². The number of aliphatic hydroxyl groups is 1. The summed E-state index contributed by atoms with van der Waals surface area (Å²) in [6.45, 7) is 8.19. The van der Waals surface area contributed by atoms with Crippen molar-refractivity contribution in [3.8, 4) is 0 Å². The van der Waals surface area contributed by atoms with Gasteiger partial charge in [-0.2, -0.15) is 0 Å². The average Bonchev–Trinajstić information content (AvgIpc) is 2.08. The second kappa shape index (κ2) is 6.57. The molecule has 0 heterocycles. The topological polar surface area (TPSA) is 66.4 Å². The maximum Gasteiger partial charge on any atom is 0.211 e. The normalized spacial score (nSPS) is 15.1. The molecular weight excluding hydrogens is 226 g/mol. The zero-order valence-corrected chi connectivity index (χ0v) is 11.6. The maximum atomic E-state index is 11.5. The molecule has 0 bridgehead atoms. The van der Waals surface area contributed by atoms with Gasteiger partial charge in [0.25, 0.3) is 0 Å². The van der Waals surface area contributed by atoms with Crippen LogP contribution in [0.1, 0.15) is 47.0 Å². The van der Waals surface area contributed by atoms with Gasteiger partial charge in [-0.25, -0.2) is 13.1 Å². The van der Waals surface area contributed by atoms with Crippen LogP contribution in [0, 0.1) is 5.41 Å². The molecule has 0 radical (unpaired) electrons. The van der Waals surface area contributed by atoms with Crippen molar-refractivity contribution >= 4 is 10.0 Å². The van der Waals surface area contributed by atoms with Crippen molar-refractivity contribution in [3.63, 3.8) is 0 Å². The molecule has 0 aliphatic heterocycles. The highest BCUT2D eigenvalue weighted by atomic mass is 32.2. The van der Waals surface area contributed by atoms with Crippen molar-refractivity contribution in [2.75, 3.05) is 12.3 Å². The number of aliphatic hydroxyl groups excluding tert-OH is 1. The molecule has 5 heteroatoms. The highest BCUT2D eigenvalue weighted by Crippen LogP contribution is 2.18. The van der Waals surface area contributed by atoms with Crippen LogP contribution in [0.15, 0.2) is 0 Å². The van der Waals surface area contributed by atoms with Crippen LogP contribution in [0.25, 0.3) is 0 Å². The van der Waals surface area contributed by atoms with Crippen LogP contribution in [0.5, 0.6) is 0 Å². The number of sulfonamides is 1. The molecule has 0 amide bonds. The Morgan fingerprint density at radius 2 is 1.88 bits per heavy atom. The van der Waals surface area contributed by atoms with E-state index >= 15 is 0 Å². The van der Waals surface area contributed by atoms with Crippen molar-refractivity contribution in [1.82, 2.24) is 4.72 Å². The minimum atomic E-state index is -3.14. The largest absolute Gasteiger partial charge is 0.393 e. The molecule has 0 aromatic heterocycles. The summed E-state index contributed by atoms with van der Waals surface area (Å²) < 4.78 is 25.6. The minimum absolute atomic E-state index is 0.0361. The Bertz CT molecular complexity index is 278. The Morgan fingerprint density at radius 1 is 1.31 bits per heavy atom. The SMILES string of the molecule is CC(O)CCCNS(=O)(=O)CCC(C)(C)C. The summed E-state index contributed by atoms with van der Waals surface area (Å²) in [7, 11) is -3.14. The van der Waals surface area contributed by atoms with Crippen molar-refractivity contribution < 1.29 is 13.5 Å². The lowest BCUT2D eigenvalue weighted by Crippen LogP contribution is -2.29. The molecule has 0 aromatic carbocycles. The fraction of sp³-hybridized carbons (Fsp3) is 1.00. The number of hydrogen-bond donors (Lipinski definition) is 2. The molecule has 1 unspecified atom stereocenters. The van der Waals surface area contributed by atoms with Crippen molar-refractivity contribution in [3.05, 3.63) is 0 Å². The van der Waals surface area contributed by atoms with Gasteiger partial charge in [0.1, 0.15) is 0 Å². The molecule has 0 rings (SSSR count). The molecule has 0 saturated heterocycles. The van der Waals surface area contributed by atoms with Crippen LogP contribution in [0.2, 0.25) is 0 Å². The molecule has 4 nitrogen and oxygen atoms in total. The van der Waals surface area contributed by atoms with E-state index in [1.54, 1.807) is 6.92 Å². The smallest absolute Gasteiger partial charge is 0.211 e. The fourth-order valence-electron chi connectivity index (χ4n) is 1.14. The summed E-state index contributed by atoms with van der Waals surface area (Å²) in [6.07, 6.45) is 1.59. The monoisotopic (exact) mass is 251 g/mol. The van der Waals surface area contributed by atoms with Crippen LogP contribution < -0.4 is 4.72 Å². The number of rotatable bonds is 7. The number of hydrogen-bond acceptors (Lipinski definition) is 3. The third kappa shape index (κ3) is 10.4. The Kier molecular flexibility index (Phi) is 6.51. The van der Waals surface area contributed by atoms with E-state index in [4.69, 9.17) is 5.11 Å². The predicted molar refractivity (Wildman–Crippen MR) is 66.8 cm³/mol. The van der Waals surface area contributed by atoms with E-state index < -0.39 is 10.0 Å². The van der Waals surface area contributed by atoms with E-state index in [1.165, 1.54) is 0 Å². The number of nitrogens with one attached hydrogen (secondary N) is 1. The summed E-state index contributed by atoms with van der Waals surface area (Å²) >= 11 is 0. The lowest BCUT2D eigenvalue weighted by Gasteiger charge is -2.17. The van der Waals surface area contributed by atoms with E-state index in [2.05, 4.69) is 4.72 Å². The lowest BCUT2D eigenvalue weighted by atomic mass is 9.94. The van der Waals surface area contributed by atoms with Gasteiger partial charge >= 0.3 is 0 Å². The first kappa shape index (κ1) is 15.9. The van der Waals surface area contributed by atoms with Crippen LogP contribution >= 0.6 is 0 Å². The molecule has 98 valence electrons. The quantitative estimate of drug-likeness (QED) is 0.674. The van der Waals surface area contributed by atoms with Gasteiger partial charge in [-0.15, -0.1) is 0 Å². The summed E-state index contributed by atoms with van der Waals surface area (Å²) in [6, 6.07) is 0. The van der Waals surface area contributed by atoms with Crippen LogP contribution in [0.4, 0.5) is 0 Å². The zero-order chi connectivity index (χ0) is 12.8. The zero-order valence-electron chi connectivity index (χ0n) is 10.8. The van der Waals surface area contributed by atoms with E-state index in [0.717, 1.165) is 0 Å². The standard InChI is InChI=1S/C11H25NO3S/c1-10(13)6-5-8-12-16(14,15)9-7-11(2,3)4/h10,12-13H,5-9H2,1-4H3. The predicted octanol–water partition coefficient (Wildman–Crippen LogP) is 1.50. The Hall–Kier alpha value is -0.130. The molecule has 0 saturated carbocycles. The van der Waals surface area contributed by atoms with Gasteiger partial charge in [-0.05, 0) is 31.6 Å². The van der Waals surface area contributed by atoms with Crippen LogP contribution in [-0.2, 0) is 10.0 Å². The first-order chi connectivity index (χ1) is 7.12. The second-order valence-electron chi connectivity index (χ2n) is 5.52. The lowest BCUT2D eigenvalue weighted by molar-refractivity contribution is 0.182. The Labute approximate surface area is 99.5 Å². The minimum Gasteiger partial charge on any atom is -0.393 e. The van der Waals surface area contributed by atoms with Crippen molar-refractivity contribution in [2.45, 2.75) is 53.1 Å². The van der Waals surface area contributed by atoms with Crippen LogP contribution in [0.3, 0.4) is 0 Å². The Morgan fingerprint density at radius 3 is 2.31 bits per heavy atom. The van der Waals surface area contributed by atoms with Gasteiger partial charge in [-0.1, -0.05) is 20.8 Å². The highest BCUT2D eigenvalue weighted by molar-refractivity contribution is 7.89. The van der Waals surface area contributed by atoms with E-state index in [-0.39, 0.29) is 17.3 Å². The molecule has 16 heavy (non-hydrogen) atoms. The second-order valence-corrected chi connectivity index (χ2v) is 7.44. The highest BCUT2D eigenvalue weighted by Gasteiger charge is 2.16. The molecule has 0 aromatic rings. The summed E-state index contributed by atoms with van der Waals surface area (Å²) in [5, 5.41) is 9.01. The maximum absolute atomic E-state index is 11.5. The van der Waals surface area contributed by atoms with Gasteiger partial charge in [-0.3, -0.25) is 0 Å². The van der Waals surface area contributed by atoms with Crippen LogP contribution in [-0.4, -0.2) is 31.9 Å². The van der Waals surface area contributed by atoms with Gasteiger partial charge < -0.3 is 5.11 Å². The summed E-state index contributed by atoms with van der Waals surface area (Å²) in [5.74, 6) is 0.172. The molecule has 0 aliphatic rings. The molecular formula is C11H25NO3S. The Balaban J connectivity index is 3.80. The molecule has 1 atom stereocenters. The van der Waals surface area contributed by atoms with Gasteiger partial charge in [0, 0.05) is 6.54 Å². The molecule has 0 fully saturated rings. The van der Waals surface area contributed by atoms with E-state index in [1.807, 2.05) is 20.8 Å². The van der Waals surface area contributed by atoms with E-state index in [9.17, 15) is 8.42 Å². The van der Waals surface area contributed by atoms with Gasteiger partial charge in [0.05, 0.1) is 11.9 Å². The first-order valence-electron chi connectivity index (χ1n) is 5.78. The fourth-order valence-corrected chi connectivity index (χ4v) is 2.62. The third-order valence-electron chi connectivity index (χ3n) is 2.24.